The van der Waals surface area contributed by atoms with E-state index in [0.29, 0.717) is 6.42 Å². The number of hydrogen-bond acceptors (Lipinski definition) is 7. The van der Waals surface area contributed by atoms with Crippen LogP contribution in [0.3, 0.4) is 0 Å². The van der Waals surface area contributed by atoms with Crippen LogP contribution in [0.15, 0.2) is 83.8 Å². The highest BCUT2D eigenvalue weighted by Crippen LogP contribution is 2.45. The third-order valence-electron chi connectivity index (χ3n) is 7.54. The first-order valence-corrected chi connectivity index (χ1v) is 14.7. The summed E-state index contributed by atoms with van der Waals surface area (Å²) in [7, 11) is -4.27. The van der Waals surface area contributed by atoms with Crippen molar-refractivity contribution in [1.82, 2.24) is 5.32 Å². The molecule has 44 heavy (non-hydrogen) atoms. The summed E-state index contributed by atoms with van der Waals surface area (Å²) in [5.74, 6) is -3.34. The normalized spacial score (nSPS) is 20.6. The maximum absolute atomic E-state index is 13.5. The van der Waals surface area contributed by atoms with Crippen LogP contribution in [-0.2, 0) is 14.6 Å². The monoisotopic (exact) mass is 630 g/mol. The third kappa shape index (κ3) is 5.84. The summed E-state index contributed by atoms with van der Waals surface area (Å²) in [5.41, 5.74) is -5.69. The lowest BCUT2D eigenvalue weighted by Gasteiger charge is -2.28. The number of fused-ring (bicyclic) bond motifs is 2. The van der Waals surface area contributed by atoms with Gasteiger partial charge in [0, 0.05) is 11.7 Å². The fourth-order valence-electron chi connectivity index (χ4n) is 5.49. The molecule has 1 saturated carbocycles. The van der Waals surface area contributed by atoms with Crippen LogP contribution in [0.4, 0.5) is 18.9 Å². The minimum absolute atomic E-state index is 0.0498. The Bertz CT molecular complexity index is 1770. The number of carbonyl (C=O) groups is 3. The van der Waals surface area contributed by atoms with Crippen LogP contribution in [0.25, 0.3) is 0 Å². The first-order chi connectivity index (χ1) is 20.8. The molecule has 1 fully saturated rings. The van der Waals surface area contributed by atoms with E-state index in [1.807, 2.05) is 12.2 Å². The Morgan fingerprint density at radius 3 is 2.34 bits per heavy atom. The number of benzene rings is 3. The standard InChI is InChI=1S/C30H25F3N2O8S/c1-42-23-12-11-19(43-24-8-3-2-7-21(24)29(38)39)15-22(23)27(36)35-26-17-10-9-16(13-17)25(26)28(37)34-18-5-4-6-20(14-18)44(40,41)30(31,32)33/h2-12,14-17,25-26H,13H2,1H3,(H,34,37)(H,35,36)(H,38,39)/t16-,17+,25+,26-/m0/s1. The number of ether oxygens (including phenoxy) is 2. The van der Waals surface area contributed by atoms with E-state index >= 15 is 0 Å². The fraction of sp³-hybridized carbons (Fsp3) is 0.233. The number of anilines is 1. The van der Waals surface area contributed by atoms with Crippen molar-refractivity contribution >= 4 is 33.3 Å². The van der Waals surface area contributed by atoms with Gasteiger partial charge in [-0.05, 0) is 66.8 Å². The Kier molecular flexibility index (Phi) is 8.12. The molecule has 0 unspecified atom stereocenters. The molecule has 0 spiro atoms. The number of carbonyl (C=O) groups excluding carboxylic acids is 2. The number of halogens is 3. The van der Waals surface area contributed by atoms with Crippen molar-refractivity contribution in [2.45, 2.75) is 22.9 Å². The van der Waals surface area contributed by atoms with Gasteiger partial charge in [-0.15, -0.1) is 0 Å². The SMILES string of the molecule is COc1ccc(Oc2ccccc2C(=O)O)cc1C(=O)N[C@@H]1[C@H](C(=O)Nc2cccc(S(=O)(=O)C(F)(F)F)c2)[C@H]2C=C[C@@H]1C2. The molecule has 2 bridgehead atoms. The zero-order chi connectivity index (χ0) is 31.8. The summed E-state index contributed by atoms with van der Waals surface area (Å²) >= 11 is 0. The molecule has 14 heteroatoms. The zero-order valence-corrected chi connectivity index (χ0v) is 23.7. The van der Waals surface area contributed by atoms with E-state index < -0.39 is 50.0 Å². The number of sulfone groups is 1. The van der Waals surface area contributed by atoms with Crippen molar-refractivity contribution in [3.8, 4) is 17.2 Å². The average molecular weight is 631 g/mol. The Morgan fingerprint density at radius 1 is 0.909 bits per heavy atom. The van der Waals surface area contributed by atoms with E-state index in [-0.39, 0.29) is 45.9 Å². The Morgan fingerprint density at radius 2 is 1.64 bits per heavy atom. The van der Waals surface area contributed by atoms with Crippen LogP contribution in [0.5, 0.6) is 17.2 Å². The van der Waals surface area contributed by atoms with E-state index in [2.05, 4.69) is 10.6 Å². The molecule has 230 valence electrons. The van der Waals surface area contributed by atoms with E-state index in [9.17, 15) is 41.1 Å². The highest BCUT2D eigenvalue weighted by Gasteiger charge is 2.49. The highest BCUT2D eigenvalue weighted by molar-refractivity contribution is 7.92. The number of alkyl halides is 3. The molecule has 4 atom stereocenters. The van der Waals surface area contributed by atoms with Gasteiger partial charge in [-0.25, -0.2) is 13.2 Å². The zero-order valence-electron chi connectivity index (χ0n) is 22.9. The second kappa shape index (κ2) is 11.7. The lowest BCUT2D eigenvalue weighted by Crippen LogP contribution is -2.47. The van der Waals surface area contributed by atoms with Crippen molar-refractivity contribution in [3.63, 3.8) is 0 Å². The van der Waals surface area contributed by atoms with Crippen LogP contribution >= 0.6 is 0 Å². The maximum atomic E-state index is 13.5. The third-order valence-corrected chi connectivity index (χ3v) is 9.02. The topological polar surface area (TPSA) is 148 Å². The van der Waals surface area contributed by atoms with Crippen LogP contribution < -0.4 is 20.1 Å². The van der Waals surface area contributed by atoms with Crippen molar-refractivity contribution in [2.75, 3.05) is 12.4 Å². The lowest BCUT2D eigenvalue weighted by molar-refractivity contribution is -0.121. The van der Waals surface area contributed by atoms with Gasteiger partial charge in [0.1, 0.15) is 22.8 Å². The molecule has 0 radical (unpaired) electrons. The minimum atomic E-state index is -5.63. The number of para-hydroxylation sites is 1. The molecule has 0 heterocycles. The van der Waals surface area contributed by atoms with Crippen molar-refractivity contribution in [1.29, 1.82) is 0 Å². The lowest BCUT2D eigenvalue weighted by atomic mass is 9.87. The number of nitrogens with one attached hydrogen (secondary N) is 2. The molecule has 10 nitrogen and oxygen atoms in total. The number of allylic oxidation sites excluding steroid dienone is 1. The molecule has 0 saturated heterocycles. The Labute approximate surface area is 249 Å². The smallest absolute Gasteiger partial charge is 0.496 e. The minimum Gasteiger partial charge on any atom is -0.496 e. The predicted molar refractivity (Wildman–Crippen MR) is 150 cm³/mol. The molecule has 2 aliphatic rings. The van der Waals surface area contributed by atoms with Gasteiger partial charge in [0.15, 0.2) is 0 Å². The van der Waals surface area contributed by atoms with Gasteiger partial charge >= 0.3 is 11.5 Å². The second-order valence-corrected chi connectivity index (χ2v) is 12.1. The van der Waals surface area contributed by atoms with Crippen molar-refractivity contribution in [3.05, 3.63) is 90.0 Å². The molecule has 0 aliphatic heterocycles. The van der Waals surface area contributed by atoms with Gasteiger partial charge in [0.2, 0.25) is 5.91 Å². The van der Waals surface area contributed by atoms with Gasteiger partial charge in [-0.2, -0.15) is 13.2 Å². The summed E-state index contributed by atoms with van der Waals surface area (Å²) in [6.45, 7) is 0. The summed E-state index contributed by atoms with van der Waals surface area (Å²) in [5, 5.41) is 14.8. The average Bonchev–Trinajstić information content (AvgIpc) is 3.59. The van der Waals surface area contributed by atoms with Gasteiger partial charge in [0.05, 0.1) is 23.5 Å². The van der Waals surface area contributed by atoms with Gasteiger partial charge in [-0.3, -0.25) is 9.59 Å². The number of carboxylic acids is 1. The number of aromatic carboxylic acids is 1. The largest absolute Gasteiger partial charge is 0.501 e. The van der Waals surface area contributed by atoms with Crippen LogP contribution in [0.1, 0.15) is 27.1 Å². The van der Waals surface area contributed by atoms with Gasteiger partial charge in [0.25, 0.3) is 15.7 Å². The maximum Gasteiger partial charge on any atom is 0.501 e. The van der Waals surface area contributed by atoms with Crippen molar-refractivity contribution in [2.24, 2.45) is 17.8 Å². The van der Waals surface area contributed by atoms with Crippen LogP contribution in [0, 0.1) is 17.8 Å². The van der Waals surface area contributed by atoms with Crippen LogP contribution in [-0.4, -0.2) is 50.0 Å². The first-order valence-electron chi connectivity index (χ1n) is 13.2. The molecular formula is C30H25F3N2O8S. The first kappa shape index (κ1) is 30.6. The number of methoxy groups -OCH3 is 1. The molecule has 3 N–H and O–H groups in total. The molecule has 3 aromatic carbocycles. The second-order valence-electron chi connectivity index (χ2n) is 10.2. The molecule has 2 aliphatic carbocycles. The predicted octanol–water partition coefficient (Wildman–Crippen LogP) is 5.04. The quantitative estimate of drug-likeness (QED) is 0.279. The van der Waals surface area contributed by atoms with E-state index in [0.717, 1.165) is 18.2 Å². The number of hydrogen-bond donors (Lipinski definition) is 3. The van der Waals surface area contributed by atoms with E-state index in [1.54, 1.807) is 12.1 Å². The highest BCUT2D eigenvalue weighted by atomic mass is 32.2. The Balaban J connectivity index is 1.36. The molecular weight excluding hydrogens is 605 g/mol. The van der Waals surface area contributed by atoms with E-state index in [1.165, 1.54) is 43.5 Å². The molecule has 0 aromatic heterocycles. The number of carboxylic acid groups (broad SMARTS) is 1. The fourth-order valence-corrected chi connectivity index (χ4v) is 6.30. The molecule has 5 rings (SSSR count). The van der Waals surface area contributed by atoms with Gasteiger partial charge < -0.3 is 25.2 Å². The Hall–Kier alpha value is -4.85. The van der Waals surface area contributed by atoms with Gasteiger partial charge in [-0.1, -0.05) is 30.4 Å². The summed E-state index contributed by atoms with van der Waals surface area (Å²) in [4.78, 5) is 37.5. The summed E-state index contributed by atoms with van der Waals surface area (Å²) in [6, 6.07) is 13.5. The van der Waals surface area contributed by atoms with E-state index in [4.69, 9.17) is 9.47 Å². The molecule has 2 amide bonds. The summed E-state index contributed by atoms with van der Waals surface area (Å²) in [6.07, 6.45) is 4.24. The number of amides is 2. The molecule has 3 aromatic rings. The number of rotatable bonds is 9. The summed E-state index contributed by atoms with van der Waals surface area (Å²) < 4.78 is 73.9. The van der Waals surface area contributed by atoms with Crippen LogP contribution in [0.2, 0.25) is 0 Å². The van der Waals surface area contributed by atoms with Crippen molar-refractivity contribution < 1.29 is 50.6 Å².